The number of aryl methyl sites for hydroxylation is 3. The molecule has 0 saturated heterocycles. The third kappa shape index (κ3) is 3.35. The number of nitrogens with zero attached hydrogens (tertiary/aromatic N) is 3. The highest BCUT2D eigenvalue weighted by Gasteiger charge is 2.17. The van der Waals surface area contributed by atoms with Gasteiger partial charge >= 0.3 is 0 Å². The smallest absolute Gasteiger partial charge is 0.254 e. The fourth-order valence-electron chi connectivity index (χ4n) is 2.37. The number of halogens is 1. The van der Waals surface area contributed by atoms with Crippen molar-refractivity contribution in [1.29, 1.82) is 0 Å². The highest BCUT2D eigenvalue weighted by Crippen LogP contribution is 2.19. The molecule has 0 spiro atoms. The fraction of sp³-hybridized carbons (Fsp3) is 0.375. The van der Waals surface area contributed by atoms with E-state index < -0.39 is 0 Å². The molecule has 0 unspecified atom stereocenters. The van der Waals surface area contributed by atoms with Crippen molar-refractivity contribution in [2.75, 3.05) is 7.05 Å². The minimum Gasteiger partial charge on any atom is -0.336 e. The van der Waals surface area contributed by atoms with Gasteiger partial charge in [-0.25, -0.2) is 0 Å². The molecule has 2 aromatic rings. The van der Waals surface area contributed by atoms with Gasteiger partial charge in [0.1, 0.15) is 0 Å². The molecule has 0 aliphatic carbocycles. The second kappa shape index (κ2) is 6.43. The van der Waals surface area contributed by atoms with Crippen LogP contribution in [0.4, 0.5) is 0 Å². The molecule has 21 heavy (non-hydrogen) atoms. The van der Waals surface area contributed by atoms with E-state index in [4.69, 9.17) is 0 Å². The fourth-order valence-corrected chi connectivity index (χ4v) is 2.79. The topological polar surface area (TPSA) is 38.1 Å². The van der Waals surface area contributed by atoms with E-state index in [-0.39, 0.29) is 5.91 Å². The number of carbonyl (C=O) groups excluding carboxylic acids is 1. The summed E-state index contributed by atoms with van der Waals surface area (Å²) in [6.45, 7) is 7.35. The maximum atomic E-state index is 12.6. The van der Waals surface area contributed by atoms with Crippen LogP contribution in [0.1, 0.15) is 34.1 Å². The number of hydrogen-bond donors (Lipinski definition) is 0. The Balaban J connectivity index is 2.21. The van der Waals surface area contributed by atoms with E-state index >= 15 is 0 Å². The number of benzene rings is 1. The van der Waals surface area contributed by atoms with Crippen LogP contribution in [-0.4, -0.2) is 27.6 Å². The molecule has 0 aliphatic heterocycles. The van der Waals surface area contributed by atoms with Crippen molar-refractivity contribution in [2.45, 2.75) is 33.9 Å². The van der Waals surface area contributed by atoms with Gasteiger partial charge in [0.2, 0.25) is 0 Å². The lowest BCUT2D eigenvalue weighted by Crippen LogP contribution is -2.28. The third-order valence-corrected chi connectivity index (χ3v) is 4.21. The van der Waals surface area contributed by atoms with Gasteiger partial charge in [0.05, 0.1) is 22.9 Å². The van der Waals surface area contributed by atoms with Crippen molar-refractivity contribution in [1.82, 2.24) is 14.7 Å². The highest BCUT2D eigenvalue weighted by atomic mass is 79.9. The van der Waals surface area contributed by atoms with Gasteiger partial charge in [-0.3, -0.25) is 9.48 Å². The van der Waals surface area contributed by atoms with Crippen LogP contribution >= 0.6 is 15.9 Å². The summed E-state index contributed by atoms with van der Waals surface area (Å²) in [6, 6.07) is 5.91. The zero-order chi connectivity index (χ0) is 15.6. The van der Waals surface area contributed by atoms with Gasteiger partial charge in [-0.2, -0.15) is 5.10 Å². The van der Waals surface area contributed by atoms with Crippen LogP contribution in [0.15, 0.2) is 28.9 Å². The van der Waals surface area contributed by atoms with Crippen LogP contribution in [-0.2, 0) is 13.1 Å². The van der Waals surface area contributed by atoms with E-state index in [0.717, 1.165) is 27.8 Å². The molecule has 1 amide bonds. The molecule has 0 fully saturated rings. The number of rotatable bonds is 4. The molecule has 0 aliphatic rings. The van der Waals surface area contributed by atoms with Crippen LogP contribution in [0.5, 0.6) is 0 Å². The second-order valence-electron chi connectivity index (χ2n) is 5.23. The van der Waals surface area contributed by atoms with Crippen LogP contribution in [0.25, 0.3) is 0 Å². The van der Waals surface area contributed by atoms with Gasteiger partial charge in [0, 0.05) is 19.2 Å². The summed E-state index contributed by atoms with van der Waals surface area (Å²) >= 11 is 3.49. The van der Waals surface area contributed by atoms with Crippen LogP contribution in [0.2, 0.25) is 0 Å². The number of carbonyl (C=O) groups is 1. The maximum absolute atomic E-state index is 12.6. The van der Waals surface area contributed by atoms with Crippen LogP contribution in [0.3, 0.4) is 0 Å². The highest BCUT2D eigenvalue weighted by molar-refractivity contribution is 9.10. The molecule has 0 radical (unpaired) electrons. The van der Waals surface area contributed by atoms with E-state index in [2.05, 4.69) is 21.0 Å². The molecule has 2 rings (SSSR count). The number of amides is 1. The van der Waals surface area contributed by atoms with Crippen molar-refractivity contribution >= 4 is 21.8 Å². The zero-order valence-electron chi connectivity index (χ0n) is 12.9. The lowest BCUT2D eigenvalue weighted by Gasteiger charge is -2.19. The van der Waals surface area contributed by atoms with E-state index in [1.54, 1.807) is 11.1 Å². The zero-order valence-corrected chi connectivity index (χ0v) is 14.4. The van der Waals surface area contributed by atoms with Gasteiger partial charge in [-0.15, -0.1) is 0 Å². The second-order valence-corrected chi connectivity index (χ2v) is 6.09. The lowest BCUT2D eigenvalue weighted by molar-refractivity contribution is 0.0780. The molecule has 0 saturated carbocycles. The summed E-state index contributed by atoms with van der Waals surface area (Å²) in [5.74, 6) is 0.0308. The van der Waals surface area contributed by atoms with Crippen molar-refractivity contribution < 1.29 is 4.79 Å². The predicted octanol–water partition coefficient (Wildman–Crippen LogP) is 3.55. The van der Waals surface area contributed by atoms with Gasteiger partial charge in [-0.05, 0) is 48.3 Å². The predicted molar refractivity (Wildman–Crippen MR) is 87.3 cm³/mol. The number of hydrogen-bond acceptors (Lipinski definition) is 2. The SMILES string of the molecule is CCn1ncc(Br)c1CN(C)C(=O)c1ccc(C)cc1C. The Morgan fingerprint density at radius 3 is 2.71 bits per heavy atom. The molecule has 1 heterocycles. The molecule has 0 bridgehead atoms. The Bertz CT molecular complexity index is 664. The average Bonchev–Trinajstić information content (AvgIpc) is 2.79. The van der Waals surface area contributed by atoms with Crippen molar-refractivity contribution in [3.63, 3.8) is 0 Å². The summed E-state index contributed by atoms with van der Waals surface area (Å²) < 4.78 is 2.83. The van der Waals surface area contributed by atoms with Crippen molar-refractivity contribution in [3.05, 3.63) is 51.3 Å². The molecule has 1 aromatic carbocycles. The molecular formula is C16H20BrN3O. The van der Waals surface area contributed by atoms with Crippen molar-refractivity contribution in [2.24, 2.45) is 0 Å². The molecular weight excluding hydrogens is 330 g/mol. The van der Waals surface area contributed by atoms with Gasteiger partial charge in [0.25, 0.3) is 5.91 Å². The van der Waals surface area contributed by atoms with E-state index in [1.165, 1.54) is 5.56 Å². The summed E-state index contributed by atoms with van der Waals surface area (Å²) in [5.41, 5.74) is 3.94. The minimum atomic E-state index is 0.0308. The summed E-state index contributed by atoms with van der Waals surface area (Å²) in [4.78, 5) is 14.3. The Kier molecular flexibility index (Phi) is 4.83. The Morgan fingerprint density at radius 1 is 1.38 bits per heavy atom. The Labute approximate surface area is 133 Å². The van der Waals surface area contributed by atoms with Crippen LogP contribution < -0.4 is 0 Å². The summed E-state index contributed by atoms with van der Waals surface area (Å²) in [6.07, 6.45) is 1.77. The van der Waals surface area contributed by atoms with Crippen molar-refractivity contribution in [3.8, 4) is 0 Å². The first-order chi connectivity index (χ1) is 9.93. The number of aromatic nitrogens is 2. The van der Waals surface area contributed by atoms with E-state index in [0.29, 0.717) is 6.54 Å². The normalized spacial score (nSPS) is 10.7. The first-order valence-corrected chi connectivity index (χ1v) is 7.76. The quantitative estimate of drug-likeness (QED) is 0.846. The summed E-state index contributed by atoms with van der Waals surface area (Å²) in [5, 5.41) is 4.28. The Hall–Kier alpha value is -1.62. The van der Waals surface area contributed by atoms with E-state index in [1.807, 2.05) is 50.7 Å². The lowest BCUT2D eigenvalue weighted by atomic mass is 10.0. The Morgan fingerprint density at radius 2 is 2.10 bits per heavy atom. The standard InChI is InChI=1S/C16H20BrN3O/c1-5-20-15(14(17)9-18-20)10-19(4)16(21)13-7-6-11(2)8-12(13)3/h6-9H,5,10H2,1-4H3. The summed E-state index contributed by atoms with van der Waals surface area (Å²) in [7, 11) is 1.82. The van der Waals surface area contributed by atoms with E-state index in [9.17, 15) is 4.79 Å². The van der Waals surface area contributed by atoms with Gasteiger partial charge in [-0.1, -0.05) is 17.7 Å². The molecule has 1 aromatic heterocycles. The average molecular weight is 350 g/mol. The first-order valence-electron chi connectivity index (χ1n) is 6.97. The molecule has 4 nitrogen and oxygen atoms in total. The van der Waals surface area contributed by atoms with Gasteiger partial charge in [0.15, 0.2) is 0 Å². The molecule has 5 heteroatoms. The van der Waals surface area contributed by atoms with Gasteiger partial charge < -0.3 is 4.90 Å². The molecule has 0 N–H and O–H groups in total. The monoisotopic (exact) mass is 349 g/mol. The molecule has 112 valence electrons. The molecule has 0 atom stereocenters. The minimum absolute atomic E-state index is 0.0308. The maximum Gasteiger partial charge on any atom is 0.254 e. The van der Waals surface area contributed by atoms with Crippen LogP contribution in [0, 0.1) is 13.8 Å². The first kappa shape index (κ1) is 15.8. The largest absolute Gasteiger partial charge is 0.336 e. The third-order valence-electron chi connectivity index (χ3n) is 3.54.